The van der Waals surface area contributed by atoms with E-state index in [0.717, 1.165) is 36.2 Å². The van der Waals surface area contributed by atoms with Gasteiger partial charge in [-0.15, -0.1) is 0 Å². The van der Waals surface area contributed by atoms with Gasteiger partial charge in [-0.3, -0.25) is 4.98 Å². The first-order chi connectivity index (χ1) is 15.3. The van der Waals surface area contributed by atoms with Crippen molar-refractivity contribution in [3.63, 3.8) is 0 Å². The number of fused-ring (bicyclic) bond motifs is 1. The van der Waals surface area contributed by atoms with Crippen LogP contribution in [0.3, 0.4) is 0 Å². The standard InChI is InChI=1S/C24H28F3N3O2/c1-4-16-10-12-29-22-19(30-15(2)7-6-11-28)14-20(31-3)23(21(16)22)32-18-9-5-8-17(13-18)24(25,26)27/h5,8-10,12-15,30H,4,6-7,11,28H2,1-3H3. The first-order valence-electron chi connectivity index (χ1n) is 10.6. The molecule has 0 aliphatic heterocycles. The third-order valence-electron chi connectivity index (χ3n) is 5.24. The molecule has 5 nitrogen and oxygen atoms in total. The maximum absolute atomic E-state index is 13.2. The van der Waals surface area contributed by atoms with Crippen LogP contribution in [-0.2, 0) is 12.6 Å². The van der Waals surface area contributed by atoms with Gasteiger partial charge in [-0.1, -0.05) is 13.0 Å². The SMILES string of the molecule is CCc1ccnc2c(NC(C)CCCN)cc(OC)c(Oc3cccc(C(F)(F)F)c3)c12. The highest BCUT2D eigenvalue weighted by Crippen LogP contribution is 2.44. The minimum Gasteiger partial charge on any atom is -0.493 e. The predicted molar refractivity (Wildman–Crippen MR) is 121 cm³/mol. The van der Waals surface area contributed by atoms with Crippen LogP contribution >= 0.6 is 0 Å². The lowest BCUT2D eigenvalue weighted by Gasteiger charge is -2.21. The first kappa shape index (κ1) is 23.7. The summed E-state index contributed by atoms with van der Waals surface area (Å²) in [5, 5.41) is 4.17. The van der Waals surface area contributed by atoms with E-state index in [1.807, 2.05) is 13.0 Å². The van der Waals surface area contributed by atoms with Crippen molar-refractivity contribution in [1.82, 2.24) is 4.98 Å². The maximum Gasteiger partial charge on any atom is 0.416 e. The third kappa shape index (κ3) is 5.24. The zero-order valence-corrected chi connectivity index (χ0v) is 18.4. The van der Waals surface area contributed by atoms with E-state index in [2.05, 4.69) is 17.2 Å². The summed E-state index contributed by atoms with van der Waals surface area (Å²) in [6, 6.07) is 8.60. The van der Waals surface area contributed by atoms with Crippen molar-refractivity contribution < 1.29 is 22.6 Å². The summed E-state index contributed by atoms with van der Waals surface area (Å²) < 4.78 is 51.1. The fraction of sp³-hybridized carbons (Fsp3) is 0.375. The number of halogens is 3. The predicted octanol–water partition coefficient (Wildman–Crippen LogP) is 6.16. The minimum absolute atomic E-state index is 0.0716. The number of benzene rings is 2. The summed E-state index contributed by atoms with van der Waals surface area (Å²) in [4.78, 5) is 4.55. The molecule has 3 aromatic rings. The molecule has 1 aromatic heterocycles. The molecule has 0 saturated carbocycles. The summed E-state index contributed by atoms with van der Waals surface area (Å²) in [5.41, 5.74) is 7.25. The van der Waals surface area contributed by atoms with Crippen LogP contribution in [-0.4, -0.2) is 24.7 Å². The molecule has 0 amide bonds. The maximum atomic E-state index is 13.2. The van der Waals surface area contributed by atoms with E-state index >= 15 is 0 Å². The topological polar surface area (TPSA) is 69.4 Å². The van der Waals surface area contributed by atoms with Gasteiger partial charge in [-0.25, -0.2) is 0 Å². The number of ether oxygens (including phenoxy) is 2. The molecule has 0 spiro atoms. The monoisotopic (exact) mass is 447 g/mol. The molecule has 0 fully saturated rings. The molecule has 1 atom stereocenters. The number of aromatic nitrogens is 1. The molecule has 0 bridgehead atoms. The van der Waals surface area contributed by atoms with E-state index in [1.54, 1.807) is 12.3 Å². The highest BCUT2D eigenvalue weighted by molar-refractivity contribution is 5.99. The summed E-state index contributed by atoms with van der Waals surface area (Å²) >= 11 is 0. The molecule has 0 radical (unpaired) electrons. The van der Waals surface area contributed by atoms with E-state index in [0.29, 0.717) is 35.4 Å². The number of nitrogens with zero attached hydrogens (tertiary/aromatic N) is 1. The number of nitrogens with two attached hydrogens (primary N) is 1. The molecule has 2 aromatic carbocycles. The number of hydrogen-bond donors (Lipinski definition) is 2. The number of rotatable bonds is 9. The number of aryl methyl sites for hydroxylation is 1. The Labute approximate surface area is 185 Å². The van der Waals surface area contributed by atoms with Crippen LogP contribution < -0.4 is 20.5 Å². The number of anilines is 1. The Morgan fingerprint density at radius 1 is 1.19 bits per heavy atom. The van der Waals surface area contributed by atoms with Crippen LogP contribution in [0.4, 0.5) is 18.9 Å². The van der Waals surface area contributed by atoms with Gasteiger partial charge in [-0.05, 0) is 62.6 Å². The number of nitrogens with one attached hydrogen (secondary N) is 1. The van der Waals surface area contributed by atoms with E-state index in [-0.39, 0.29) is 11.8 Å². The van der Waals surface area contributed by atoms with Gasteiger partial charge in [0.1, 0.15) is 5.75 Å². The van der Waals surface area contributed by atoms with Gasteiger partial charge in [0.25, 0.3) is 0 Å². The second-order valence-electron chi connectivity index (χ2n) is 7.61. The van der Waals surface area contributed by atoms with Crippen LogP contribution in [0.25, 0.3) is 10.9 Å². The minimum atomic E-state index is -4.46. The average Bonchev–Trinajstić information content (AvgIpc) is 2.78. The zero-order valence-electron chi connectivity index (χ0n) is 18.4. The highest BCUT2D eigenvalue weighted by atomic mass is 19.4. The lowest BCUT2D eigenvalue weighted by Crippen LogP contribution is -2.17. The molecule has 0 aliphatic carbocycles. The van der Waals surface area contributed by atoms with Crippen molar-refractivity contribution >= 4 is 16.6 Å². The van der Waals surface area contributed by atoms with Crippen molar-refractivity contribution in [2.45, 2.75) is 45.3 Å². The molecule has 3 N–H and O–H groups in total. The Morgan fingerprint density at radius 2 is 1.97 bits per heavy atom. The number of pyridine rings is 1. The molecule has 0 aliphatic rings. The van der Waals surface area contributed by atoms with Gasteiger partial charge in [0.15, 0.2) is 11.5 Å². The summed E-state index contributed by atoms with van der Waals surface area (Å²) in [6.07, 6.45) is -0.288. The van der Waals surface area contributed by atoms with Crippen LogP contribution in [0.1, 0.15) is 37.8 Å². The molecule has 0 saturated heterocycles. The van der Waals surface area contributed by atoms with E-state index < -0.39 is 11.7 Å². The van der Waals surface area contributed by atoms with Gasteiger partial charge < -0.3 is 20.5 Å². The molecule has 8 heteroatoms. The molecular weight excluding hydrogens is 419 g/mol. The Kier molecular flexibility index (Phi) is 7.45. The molecule has 172 valence electrons. The summed E-state index contributed by atoms with van der Waals surface area (Å²) in [5.74, 6) is 0.820. The van der Waals surface area contributed by atoms with Gasteiger partial charge in [0, 0.05) is 18.3 Å². The highest BCUT2D eigenvalue weighted by Gasteiger charge is 2.31. The Hall–Kier alpha value is -3.00. The van der Waals surface area contributed by atoms with Gasteiger partial charge in [0.2, 0.25) is 0 Å². The van der Waals surface area contributed by atoms with E-state index in [4.69, 9.17) is 15.2 Å². The number of hydrogen-bond acceptors (Lipinski definition) is 5. The number of alkyl halides is 3. The van der Waals surface area contributed by atoms with Crippen molar-refractivity contribution in [3.05, 3.63) is 53.7 Å². The lowest BCUT2D eigenvalue weighted by atomic mass is 10.0. The molecule has 3 rings (SSSR count). The second kappa shape index (κ2) is 10.1. The Morgan fingerprint density at radius 3 is 2.62 bits per heavy atom. The Balaban J connectivity index is 2.13. The fourth-order valence-electron chi connectivity index (χ4n) is 3.62. The van der Waals surface area contributed by atoms with Gasteiger partial charge in [0.05, 0.1) is 29.3 Å². The summed E-state index contributed by atoms with van der Waals surface area (Å²) in [7, 11) is 1.50. The van der Waals surface area contributed by atoms with Crippen molar-refractivity contribution in [2.24, 2.45) is 5.73 Å². The largest absolute Gasteiger partial charge is 0.493 e. The van der Waals surface area contributed by atoms with E-state index in [1.165, 1.54) is 19.2 Å². The zero-order chi connectivity index (χ0) is 23.3. The molecule has 1 unspecified atom stereocenters. The lowest BCUT2D eigenvalue weighted by molar-refractivity contribution is -0.137. The van der Waals surface area contributed by atoms with Crippen LogP contribution in [0, 0.1) is 0 Å². The van der Waals surface area contributed by atoms with Crippen LogP contribution in [0.5, 0.6) is 17.2 Å². The van der Waals surface area contributed by atoms with Crippen molar-refractivity contribution in [1.29, 1.82) is 0 Å². The molecule has 1 heterocycles. The third-order valence-corrected chi connectivity index (χ3v) is 5.24. The molecule has 32 heavy (non-hydrogen) atoms. The van der Waals surface area contributed by atoms with Crippen molar-refractivity contribution in [3.8, 4) is 17.2 Å². The van der Waals surface area contributed by atoms with Crippen LogP contribution in [0.2, 0.25) is 0 Å². The van der Waals surface area contributed by atoms with Crippen molar-refractivity contribution in [2.75, 3.05) is 19.0 Å². The van der Waals surface area contributed by atoms with Gasteiger partial charge >= 0.3 is 6.18 Å². The van der Waals surface area contributed by atoms with Crippen LogP contribution in [0.15, 0.2) is 42.6 Å². The fourth-order valence-corrected chi connectivity index (χ4v) is 3.62. The molecular formula is C24H28F3N3O2. The quantitative estimate of drug-likeness (QED) is 0.411. The number of methoxy groups -OCH3 is 1. The average molecular weight is 448 g/mol. The second-order valence-corrected chi connectivity index (χ2v) is 7.61. The van der Waals surface area contributed by atoms with Gasteiger partial charge in [-0.2, -0.15) is 13.2 Å². The first-order valence-corrected chi connectivity index (χ1v) is 10.6. The summed E-state index contributed by atoms with van der Waals surface area (Å²) in [6.45, 7) is 4.67. The normalized spacial score (nSPS) is 12.6. The Bertz CT molecular complexity index is 1070. The van der Waals surface area contributed by atoms with E-state index in [9.17, 15) is 13.2 Å². The smallest absolute Gasteiger partial charge is 0.416 e.